The predicted octanol–water partition coefficient (Wildman–Crippen LogP) is 0.901. The summed E-state index contributed by atoms with van der Waals surface area (Å²) in [5.41, 5.74) is 0. The first-order chi connectivity index (χ1) is 9.44. The molecule has 1 saturated heterocycles. The van der Waals surface area contributed by atoms with Gasteiger partial charge in [-0.3, -0.25) is 4.79 Å². The van der Waals surface area contributed by atoms with Gasteiger partial charge in [0.05, 0.1) is 5.92 Å². The van der Waals surface area contributed by atoms with Crippen molar-refractivity contribution in [1.82, 2.24) is 9.03 Å². The molecule has 0 spiro atoms. The molecule has 3 atom stereocenters. The van der Waals surface area contributed by atoms with Gasteiger partial charge >= 0.3 is 5.97 Å². The highest BCUT2D eigenvalue weighted by Crippen LogP contribution is 2.29. The van der Waals surface area contributed by atoms with E-state index in [1.54, 1.807) is 11.8 Å². The Balaban J connectivity index is 2.00. The molecule has 2 rings (SSSR count). The number of hydrogen-bond donors (Lipinski definition) is 2. The number of nitrogens with zero attached hydrogens (tertiary/aromatic N) is 1. The second-order valence-corrected chi connectivity index (χ2v) is 8.25. The van der Waals surface area contributed by atoms with Gasteiger partial charge in [0.15, 0.2) is 0 Å². The predicted molar refractivity (Wildman–Crippen MR) is 78.9 cm³/mol. The van der Waals surface area contributed by atoms with E-state index < -0.39 is 22.1 Å². The standard InChI is InChI=1S/C12H22N2O4S2/c1-19-11-6-2-5-10(11)13-20(17,18)14-7-3-4-9(8-14)12(15)16/h9-11,13H,2-8H2,1H3,(H,15,16). The second-order valence-electron chi connectivity index (χ2n) is 5.47. The van der Waals surface area contributed by atoms with Crippen molar-refractivity contribution in [2.24, 2.45) is 5.92 Å². The summed E-state index contributed by atoms with van der Waals surface area (Å²) in [4.78, 5) is 11.0. The number of piperidine rings is 1. The van der Waals surface area contributed by atoms with Gasteiger partial charge in [-0.2, -0.15) is 29.2 Å². The van der Waals surface area contributed by atoms with Gasteiger partial charge in [0.25, 0.3) is 10.2 Å². The molecule has 1 saturated carbocycles. The van der Waals surface area contributed by atoms with Crippen LogP contribution in [0.25, 0.3) is 0 Å². The van der Waals surface area contributed by atoms with E-state index in [1.165, 1.54) is 4.31 Å². The van der Waals surface area contributed by atoms with Gasteiger partial charge in [-0.1, -0.05) is 6.42 Å². The maximum Gasteiger partial charge on any atom is 0.307 e. The van der Waals surface area contributed by atoms with Crippen LogP contribution in [0, 0.1) is 5.92 Å². The zero-order chi connectivity index (χ0) is 14.8. The first-order valence-corrected chi connectivity index (χ1v) is 9.70. The average Bonchev–Trinajstić information content (AvgIpc) is 2.85. The third-order valence-electron chi connectivity index (χ3n) is 4.13. The molecule has 0 aromatic rings. The molecule has 6 nitrogen and oxygen atoms in total. The summed E-state index contributed by atoms with van der Waals surface area (Å²) in [6, 6.07) is -0.0276. The molecule has 0 bridgehead atoms. The Morgan fingerprint density at radius 2 is 2.05 bits per heavy atom. The Hall–Kier alpha value is -0.310. The maximum absolute atomic E-state index is 12.4. The van der Waals surface area contributed by atoms with Crippen molar-refractivity contribution in [3.63, 3.8) is 0 Å². The Morgan fingerprint density at radius 1 is 1.30 bits per heavy atom. The number of carboxylic acids is 1. The molecule has 2 N–H and O–H groups in total. The Bertz CT molecular complexity index is 454. The summed E-state index contributed by atoms with van der Waals surface area (Å²) in [6.45, 7) is 0.497. The summed E-state index contributed by atoms with van der Waals surface area (Å²) in [7, 11) is -3.57. The summed E-state index contributed by atoms with van der Waals surface area (Å²) in [6.07, 6.45) is 6.09. The Kier molecular flexibility index (Phi) is 5.33. The van der Waals surface area contributed by atoms with Crippen molar-refractivity contribution < 1.29 is 18.3 Å². The van der Waals surface area contributed by atoms with Gasteiger partial charge in [0, 0.05) is 24.4 Å². The normalized spacial score (nSPS) is 32.4. The first kappa shape index (κ1) is 16.1. The minimum Gasteiger partial charge on any atom is -0.481 e. The molecule has 20 heavy (non-hydrogen) atoms. The Morgan fingerprint density at radius 3 is 2.70 bits per heavy atom. The van der Waals surface area contributed by atoms with Crippen molar-refractivity contribution in [1.29, 1.82) is 0 Å². The van der Waals surface area contributed by atoms with Gasteiger partial charge in [-0.05, 0) is 31.9 Å². The summed E-state index contributed by atoms with van der Waals surface area (Å²) in [5.74, 6) is -1.49. The van der Waals surface area contributed by atoms with Crippen LogP contribution in [-0.2, 0) is 15.0 Å². The maximum atomic E-state index is 12.4. The lowest BCUT2D eigenvalue weighted by Crippen LogP contribution is -2.51. The largest absolute Gasteiger partial charge is 0.481 e. The lowest BCUT2D eigenvalue weighted by atomic mass is 10.0. The highest BCUT2D eigenvalue weighted by molar-refractivity contribution is 7.99. The van der Waals surface area contributed by atoms with Crippen molar-refractivity contribution >= 4 is 27.9 Å². The molecule has 0 radical (unpaired) electrons. The van der Waals surface area contributed by atoms with Crippen LogP contribution in [-0.4, -0.2) is 54.4 Å². The van der Waals surface area contributed by atoms with Crippen LogP contribution in [0.1, 0.15) is 32.1 Å². The number of nitrogens with one attached hydrogen (secondary N) is 1. The van der Waals surface area contributed by atoms with E-state index in [1.807, 2.05) is 6.26 Å². The molecule has 0 aromatic carbocycles. The highest BCUT2D eigenvalue weighted by Gasteiger charge is 2.36. The molecule has 3 unspecified atom stereocenters. The quantitative estimate of drug-likeness (QED) is 0.785. The van der Waals surface area contributed by atoms with Crippen LogP contribution in [0.3, 0.4) is 0 Å². The second kappa shape index (κ2) is 6.64. The van der Waals surface area contributed by atoms with Crippen LogP contribution >= 0.6 is 11.8 Å². The number of rotatable bonds is 5. The van der Waals surface area contributed by atoms with Crippen LogP contribution in [0.15, 0.2) is 0 Å². The molecule has 2 fully saturated rings. The van der Waals surface area contributed by atoms with Crippen LogP contribution in [0.4, 0.5) is 0 Å². The number of carboxylic acid groups (broad SMARTS) is 1. The fourth-order valence-electron chi connectivity index (χ4n) is 2.97. The molecular formula is C12H22N2O4S2. The van der Waals surface area contributed by atoms with Gasteiger partial charge in [0.2, 0.25) is 0 Å². The minimum atomic E-state index is -3.57. The zero-order valence-electron chi connectivity index (χ0n) is 11.6. The van der Waals surface area contributed by atoms with Crippen molar-refractivity contribution in [3.8, 4) is 0 Å². The van der Waals surface area contributed by atoms with Gasteiger partial charge < -0.3 is 5.11 Å². The van der Waals surface area contributed by atoms with Crippen LogP contribution in [0.5, 0.6) is 0 Å². The number of thioether (sulfide) groups is 1. The third kappa shape index (κ3) is 3.66. The first-order valence-electron chi connectivity index (χ1n) is 6.97. The van der Waals surface area contributed by atoms with Gasteiger partial charge in [-0.25, -0.2) is 0 Å². The highest BCUT2D eigenvalue weighted by atomic mass is 32.2. The van der Waals surface area contributed by atoms with Crippen molar-refractivity contribution in [2.75, 3.05) is 19.3 Å². The van der Waals surface area contributed by atoms with E-state index in [0.717, 1.165) is 19.3 Å². The molecule has 2 aliphatic rings. The summed E-state index contributed by atoms with van der Waals surface area (Å²) >= 11 is 1.69. The molecule has 116 valence electrons. The zero-order valence-corrected chi connectivity index (χ0v) is 13.3. The van der Waals surface area contributed by atoms with E-state index in [4.69, 9.17) is 5.11 Å². The minimum absolute atomic E-state index is 0.0276. The average molecular weight is 322 g/mol. The lowest BCUT2D eigenvalue weighted by Gasteiger charge is -2.31. The fourth-order valence-corrected chi connectivity index (χ4v) is 5.55. The van der Waals surface area contributed by atoms with Crippen molar-refractivity contribution in [2.45, 2.75) is 43.4 Å². The number of aliphatic carboxylic acids is 1. The third-order valence-corrected chi connectivity index (χ3v) is 6.91. The van der Waals surface area contributed by atoms with E-state index in [-0.39, 0.29) is 12.6 Å². The van der Waals surface area contributed by atoms with Gasteiger partial charge in [0.1, 0.15) is 0 Å². The van der Waals surface area contributed by atoms with E-state index in [9.17, 15) is 13.2 Å². The summed E-state index contributed by atoms with van der Waals surface area (Å²) in [5, 5.41) is 9.36. The summed E-state index contributed by atoms with van der Waals surface area (Å²) < 4.78 is 28.8. The monoisotopic (exact) mass is 322 g/mol. The Labute approximate surface area is 124 Å². The fraction of sp³-hybridized carbons (Fsp3) is 0.917. The smallest absolute Gasteiger partial charge is 0.307 e. The molecule has 0 amide bonds. The number of carbonyl (C=O) groups is 1. The lowest BCUT2D eigenvalue weighted by molar-refractivity contribution is -0.142. The molecule has 8 heteroatoms. The molecule has 1 aliphatic heterocycles. The van der Waals surface area contributed by atoms with Gasteiger partial charge in [-0.15, -0.1) is 0 Å². The van der Waals surface area contributed by atoms with E-state index in [2.05, 4.69) is 4.72 Å². The van der Waals surface area contributed by atoms with Crippen LogP contribution < -0.4 is 4.72 Å². The van der Waals surface area contributed by atoms with E-state index in [0.29, 0.717) is 24.6 Å². The van der Waals surface area contributed by atoms with Crippen LogP contribution in [0.2, 0.25) is 0 Å². The number of hydrogen-bond acceptors (Lipinski definition) is 4. The van der Waals surface area contributed by atoms with Crippen molar-refractivity contribution in [3.05, 3.63) is 0 Å². The molecule has 1 aliphatic carbocycles. The molecular weight excluding hydrogens is 300 g/mol. The SMILES string of the molecule is CSC1CCCC1NS(=O)(=O)N1CCCC(C(=O)O)C1. The topological polar surface area (TPSA) is 86.7 Å². The molecule has 0 aromatic heterocycles. The molecule has 1 heterocycles. The van der Waals surface area contributed by atoms with E-state index >= 15 is 0 Å².